The summed E-state index contributed by atoms with van der Waals surface area (Å²) in [5.41, 5.74) is 2.01. The fraction of sp³-hybridized carbons (Fsp3) is 0.389. The van der Waals surface area contributed by atoms with Crippen molar-refractivity contribution in [1.29, 1.82) is 5.26 Å². The van der Waals surface area contributed by atoms with Gasteiger partial charge in [-0.15, -0.1) is 0 Å². The number of rotatable bonds is 1. The maximum Gasteiger partial charge on any atom is 0.242 e. The molecule has 1 aliphatic heterocycles. The molecule has 0 aromatic heterocycles. The highest BCUT2D eigenvalue weighted by atomic mass is 16.2. The first-order chi connectivity index (χ1) is 10.4. The van der Waals surface area contributed by atoms with Gasteiger partial charge >= 0.3 is 0 Å². The Kier molecular flexibility index (Phi) is 3.37. The predicted octanol–water partition coefficient (Wildman–Crippen LogP) is 2.68. The molecular formula is C18H18N2O2. The number of nitrogens with zero attached hydrogens (tertiary/aromatic N) is 1. The van der Waals surface area contributed by atoms with Gasteiger partial charge in [-0.3, -0.25) is 9.59 Å². The Balaban J connectivity index is 2.17. The normalized spacial score (nSPS) is 27.0. The Labute approximate surface area is 129 Å². The van der Waals surface area contributed by atoms with E-state index in [1.807, 2.05) is 44.2 Å². The second kappa shape index (κ2) is 5.10. The molecule has 1 aliphatic carbocycles. The van der Waals surface area contributed by atoms with Crippen LogP contribution in [0.4, 0.5) is 0 Å². The van der Waals surface area contributed by atoms with Gasteiger partial charge < -0.3 is 5.32 Å². The molecule has 2 atom stereocenters. The molecule has 1 aromatic carbocycles. The minimum absolute atomic E-state index is 0.0420. The van der Waals surface area contributed by atoms with Gasteiger partial charge in [0.05, 0.1) is 6.07 Å². The van der Waals surface area contributed by atoms with E-state index < -0.39 is 11.8 Å². The zero-order valence-corrected chi connectivity index (χ0v) is 12.7. The number of amides is 1. The smallest absolute Gasteiger partial charge is 0.242 e. The van der Waals surface area contributed by atoms with Crippen molar-refractivity contribution < 1.29 is 9.59 Å². The Hall–Kier alpha value is -2.41. The lowest BCUT2D eigenvalue weighted by atomic mass is 9.67. The average Bonchev–Trinajstić information content (AvgIpc) is 2.45. The summed E-state index contributed by atoms with van der Waals surface area (Å²) in [4.78, 5) is 25.0. The summed E-state index contributed by atoms with van der Waals surface area (Å²) >= 11 is 0. The lowest BCUT2D eigenvalue weighted by molar-refractivity contribution is -0.125. The maximum absolute atomic E-state index is 12.7. The van der Waals surface area contributed by atoms with Crippen molar-refractivity contribution in [2.75, 3.05) is 0 Å². The van der Waals surface area contributed by atoms with Gasteiger partial charge in [-0.2, -0.15) is 5.26 Å². The van der Waals surface area contributed by atoms with E-state index in [4.69, 9.17) is 0 Å². The monoisotopic (exact) mass is 294 g/mol. The van der Waals surface area contributed by atoms with E-state index in [-0.39, 0.29) is 17.1 Å². The number of nitrogens with one attached hydrogen (secondary N) is 1. The van der Waals surface area contributed by atoms with Gasteiger partial charge in [0.2, 0.25) is 5.91 Å². The van der Waals surface area contributed by atoms with Gasteiger partial charge in [0.1, 0.15) is 5.92 Å². The number of carbonyl (C=O) groups excluding carboxylic acids is 2. The maximum atomic E-state index is 12.7. The van der Waals surface area contributed by atoms with Crippen LogP contribution in [0.15, 0.2) is 41.6 Å². The van der Waals surface area contributed by atoms with E-state index in [9.17, 15) is 14.9 Å². The van der Waals surface area contributed by atoms with Crippen LogP contribution in [0.2, 0.25) is 0 Å². The molecule has 0 saturated carbocycles. The van der Waals surface area contributed by atoms with Gasteiger partial charge in [0, 0.05) is 23.6 Å². The molecule has 0 radical (unpaired) electrons. The molecule has 1 amide bonds. The van der Waals surface area contributed by atoms with Crippen molar-refractivity contribution in [3.63, 3.8) is 0 Å². The van der Waals surface area contributed by atoms with E-state index >= 15 is 0 Å². The second-order valence-corrected chi connectivity index (χ2v) is 6.82. The summed E-state index contributed by atoms with van der Waals surface area (Å²) in [6.45, 7) is 4.05. The van der Waals surface area contributed by atoms with Crippen LogP contribution in [-0.2, 0) is 9.59 Å². The number of carbonyl (C=O) groups is 2. The molecule has 1 N–H and O–H groups in total. The average molecular weight is 294 g/mol. The summed E-state index contributed by atoms with van der Waals surface area (Å²) in [6, 6.07) is 11.5. The molecule has 2 aliphatic rings. The van der Waals surface area contributed by atoms with Crippen LogP contribution in [0.1, 0.15) is 38.2 Å². The molecule has 0 spiro atoms. The highest BCUT2D eigenvalue weighted by Crippen LogP contribution is 2.45. The summed E-state index contributed by atoms with van der Waals surface area (Å²) in [7, 11) is 0. The fourth-order valence-electron chi connectivity index (χ4n) is 3.50. The van der Waals surface area contributed by atoms with Crippen LogP contribution in [0, 0.1) is 22.7 Å². The first-order valence-electron chi connectivity index (χ1n) is 7.44. The molecular weight excluding hydrogens is 276 g/mol. The van der Waals surface area contributed by atoms with Crippen LogP contribution in [0.3, 0.4) is 0 Å². The van der Waals surface area contributed by atoms with Crippen LogP contribution >= 0.6 is 0 Å². The van der Waals surface area contributed by atoms with Crippen molar-refractivity contribution in [2.24, 2.45) is 11.3 Å². The fourth-order valence-corrected chi connectivity index (χ4v) is 3.50. The molecule has 1 aromatic rings. The Bertz CT molecular complexity index is 710. The summed E-state index contributed by atoms with van der Waals surface area (Å²) in [5.74, 6) is -1.58. The van der Waals surface area contributed by atoms with E-state index in [1.165, 1.54) is 0 Å². The number of benzene rings is 1. The van der Waals surface area contributed by atoms with Crippen molar-refractivity contribution in [1.82, 2.24) is 5.32 Å². The molecule has 22 heavy (non-hydrogen) atoms. The molecule has 1 heterocycles. The van der Waals surface area contributed by atoms with Crippen LogP contribution in [0.5, 0.6) is 0 Å². The topological polar surface area (TPSA) is 70.0 Å². The molecule has 3 rings (SSSR count). The highest BCUT2D eigenvalue weighted by Gasteiger charge is 2.45. The molecule has 112 valence electrons. The molecule has 0 fully saturated rings. The second-order valence-electron chi connectivity index (χ2n) is 6.82. The quantitative estimate of drug-likeness (QED) is 0.865. The highest BCUT2D eigenvalue weighted by molar-refractivity contribution is 6.03. The molecule has 4 heteroatoms. The molecule has 4 nitrogen and oxygen atoms in total. The third kappa shape index (κ3) is 2.33. The number of hydrogen-bond donors (Lipinski definition) is 1. The van der Waals surface area contributed by atoms with Crippen LogP contribution in [-0.4, -0.2) is 11.7 Å². The van der Waals surface area contributed by atoms with Gasteiger partial charge in [-0.25, -0.2) is 0 Å². The number of ketones is 1. The number of allylic oxidation sites excluding steroid dienone is 2. The third-order valence-corrected chi connectivity index (χ3v) is 4.42. The first kappa shape index (κ1) is 14.5. The first-order valence-corrected chi connectivity index (χ1v) is 7.44. The third-order valence-electron chi connectivity index (χ3n) is 4.42. The van der Waals surface area contributed by atoms with Crippen LogP contribution in [0.25, 0.3) is 0 Å². The summed E-state index contributed by atoms with van der Waals surface area (Å²) in [5, 5.41) is 12.2. The minimum Gasteiger partial charge on any atom is -0.328 e. The van der Waals surface area contributed by atoms with E-state index in [0.717, 1.165) is 5.56 Å². The van der Waals surface area contributed by atoms with Crippen molar-refractivity contribution in [3.05, 3.63) is 47.2 Å². The number of nitriles is 1. The van der Waals surface area contributed by atoms with E-state index in [1.54, 1.807) is 0 Å². The minimum atomic E-state index is -0.855. The van der Waals surface area contributed by atoms with E-state index in [2.05, 4.69) is 11.4 Å². The lowest BCUT2D eigenvalue weighted by Gasteiger charge is -2.39. The van der Waals surface area contributed by atoms with Crippen LogP contribution < -0.4 is 5.32 Å². The van der Waals surface area contributed by atoms with Crippen molar-refractivity contribution in [3.8, 4) is 6.07 Å². The molecule has 0 unspecified atom stereocenters. The lowest BCUT2D eigenvalue weighted by Crippen LogP contribution is -2.45. The number of Topliss-reactive ketones (excluding diaryl/α,β-unsaturated/α-hetero) is 1. The van der Waals surface area contributed by atoms with E-state index in [0.29, 0.717) is 24.1 Å². The Morgan fingerprint density at radius 1 is 1.18 bits per heavy atom. The largest absolute Gasteiger partial charge is 0.328 e. The van der Waals surface area contributed by atoms with Gasteiger partial charge in [-0.1, -0.05) is 44.2 Å². The number of hydrogen-bond acceptors (Lipinski definition) is 3. The van der Waals surface area contributed by atoms with Crippen molar-refractivity contribution >= 4 is 11.7 Å². The van der Waals surface area contributed by atoms with Gasteiger partial charge in [-0.05, 0) is 17.4 Å². The standard InChI is InChI=1S/C18H18N2O2/c1-18(2)8-13-16(14(21)9-18)15(11-6-4-3-5-7-11)12(10-19)17(22)20-13/h3-7,12,15H,8-9H2,1-2H3,(H,20,22)/t12-,15-/m1/s1. The van der Waals surface area contributed by atoms with Gasteiger partial charge in [0.25, 0.3) is 0 Å². The zero-order chi connectivity index (χ0) is 15.9. The Morgan fingerprint density at radius 3 is 2.50 bits per heavy atom. The molecule has 0 saturated heterocycles. The van der Waals surface area contributed by atoms with Gasteiger partial charge in [0.15, 0.2) is 5.78 Å². The molecule has 0 bridgehead atoms. The zero-order valence-electron chi connectivity index (χ0n) is 12.7. The Morgan fingerprint density at radius 2 is 1.86 bits per heavy atom. The van der Waals surface area contributed by atoms with Crippen molar-refractivity contribution in [2.45, 2.75) is 32.6 Å². The summed E-state index contributed by atoms with van der Waals surface area (Å²) in [6.07, 6.45) is 1.10. The summed E-state index contributed by atoms with van der Waals surface area (Å²) < 4.78 is 0. The predicted molar refractivity (Wildman–Crippen MR) is 81.5 cm³/mol. The SMILES string of the molecule is CC1(C)CC(=O)C2=C(C1)NC(=O)[C@H](C#N)[C@H]2c1ccccc1.